The summed E-state index contributed by atoms with van der Waals surface area (Å²) in [5.74, 6) is -0.131. The maximum Gasteiger partial charge on any atom is 0.322 e. The summed E-state index contributed by atoms with van der Waals surface area (Å²) in [6.45, 7) is 3.29. The van der Waals surface area contributed by atoms with Crippen LogP contribution in [0.4, 0.5) is 16.2 Å². The molecule has 138 valence electrons. The number of carbonyl (C=O) groups is 2. The van der Waals surface area contributed by atoms with Gasteiger partial charge in [0.25, 0.3) is 0 Å². The number of aromatic nitrogens is 1. The summed E-state index contributed by atoms with van der Waals surface area (Å²) in [5.41, 5.74) is 2.34. The van der Waals surface area contributed by atoms with Crippen LogP contribution in [0.25, 0.3) is 0 Å². The molecule has 1 aromatic heterocycles. The van der Waals surface area contributed by atoms with Crippen molar-refractivity contribution in [3.8, 4) is 0 Å². The number of nitrogens with zero attached hydrogens (tertiary/aromatic N) is 3. The summed E-state index contributed by atoms with van der Waals surface area (Å²) >= 11 is 0. The van der Waals surface area contributed by atoms with Gasteiger partial charge in [0.2, 0.25) is 5.91 Å². The van der Waals surface area contributed by atoms with Gasteiger partial charge in [0.15, 0.2) is 0 Å². The van der Waals surface area contributed by atoms with Gasteiger partial charge in [-0.05, 0) is 50.0 Å². The maximum atomic E-state index is 12.7. The molecule has 26 heavy (non-hydrogen) atoms. The number of amides is 3. The van der Waals surface area contributed by atoms with Crippen molar-refractivity contribution in [1.29, 1.82) is 0 Å². The van der Waals surface area contributed by atoms with Crippen LogP contribution in [0.3, 0.4) is 0 Å². The van der Waals surface area contributed by atoms with Crippen LogP contribution in [0.15, 0.2) is 48.8 Å². The van der Waals surface area contributed by atoms with Crippen molar-refractivity contribution in [2.45, 2.75) is 13.5 Å². The minimum atomic E-state index is -0.178. The summed E-state index contributed by atoms with van der Waals surface area (Å²) in [6, 6.07) is 10.7. The fourth-order valence-electron chi connectivity index (χ4n) is 2.33. The fourth-order valence-corrected chi connectivity index (χ4v) is 2.33. The molecule has 1 aromatic carbocycles. The van der Waals surface area contributed by atoms with Crippen LogP contribution in [-0.4, -0.2) is 53.9 Å². The number of hydrogen-bond acceptors (Lipinski definition) is 4. The Labute approximate surface area is 154 Å². The Hall–Kier alpha value is -2.93. The normalized spacial score (nSPS) is 10.5. The van der Waals surface area contributed by atoms with Crippen LogP contribution in [0.1, 0.15) is 12.5 Å². The Morgan fingerprint density at radius 2 is 1.65 bits per heavy atom. The number of carbonyl (C=O) groups excluding carboxylic acids is 2. The van der Waals surface area contributed by atoms with Crippen LogP contribution in [0, 0.1) is 0 Å². The highest BCUT2D eigenvalue weighted by atomic mass is 16.2. The first kappa shape index (κ1) is 19.4. The predicted octanol–water partition coefficient (Wildman–Crippen LogP) is 2.64. The summed E-state index contributed by atoms with van der Waals surface area (Å²) in [4.78, 5) is 31.7. The number of pyridine rings is 1. The first-order chi connectivity index (χ1) is 12.4. The van der Waals surface area contributed by atoms with Gasteiger partial charge in [-0.1, -0.05) is 6.07 Å². The minimum absolute atomic E-state index is 0.131. The molecule has 0 saturated heterocycles. The third-order valence-electron chi connectivity index (χ3n) is 3.66. The summed E-state index contributed by atoms with van der Waals surface area (Å²) in [5, 5.41) is 5.60. The molecular weight excluding hydrogens is 330 g/mol. The lowest BCUT2D eigenvalue weighted by Crippen LogP contribution is -2.39. The molecule has 2 aromatic rings. The molecule has 2 N–H and O–H groups in total. The molecule has 0 aliphatic heterocycles. The zero-order valence-electron chi connectivity index (χ0n) is 15.4. The predicted molar refractivity (Wildman–Crippen MR) is 103 cm³/mol. The van der Waals surface area contributed by atoms with E-state index in [0.29, 0.717) is 24.5 Å². The molecule has 0 fully saturated rings. The van der Waals surface area contributed by atoms with Crippen molar-refractivity contribution < 1.29 is 9.59 Å². The quantitative estimate of drug-likeness (QED) is 0.800. The second-order valence-electron chi connectivity index (χ2n) is 6.27. The fraction of sp³-hybridized carbons (Fsp3) is 0.316. The van der Waals surface area contributed by atoms with Crippen LogP contribution in [-0.2, 0) is 11.3 Å². The highest BCUT2D eigenvalue weighted by Gasteiger charge is 2.14. The SMILES string of the molecule is CC(=O)Nc1ccc(NC(=O)N(CCN(C)C)Cc2cccnc2)cc1. The van der Waals surface area contributed by atoms with Gasteiger partial charge in [-0.25, -0.2) is 4.79 Å². The lowest BCUT2D eigenvalue weighted by molar-refractivity contribution is -0.114. The third kappa shape index (κ3) is 6.52. The van der Waals surface area contributed by atoms with Gasteiger partial charge >= 0.3 is 6.03 Å². The maximum absolute atomic E-state index is 12.7. The highest BCUT2D eigenvalue weighted by molar-refractivity contribution is 5.91. The van der Waals surface area contributed by atoms with Gasteiger partial charge in [-0.2, -0.15) is 0 Å². The zero-order valence-corrected chi connectivity index (χ0v) is 15.4. The summed E-state index contributed by atoms with van der Waals surface area (Å²) in [7, 11) is 3.95. The Bertz CT molecular complexity index is 716. The molecular formula is C19H25N5O2. The molecule has 7 heteroatoms. The smallest absolute Gasteiger partial charge is 0.322 e. The summed E-state index contributed by atoms with van der Waals surface area (Å²) in [6.07, 6.45) is 3.47. The van der Waals surface area contributed by atoms with E-state index in [-0.39, 0.29) is 11.9 Å². The molecule has 7 nitrogen and oxygen atoms in total. The molecule has 0 aliphatic rings. The van der Waals surface area contributed by atoms with Crippen molar-refractivity contribution in [3.05, 3.63) is 54.4 Å². The summed E-state index contributed by atoms with van der Waals surface area (Å²) < 4.78 is 0. The van der Waals surface area contributed by atoms with Crippen molar-refractivity contribution in [2.24, 2.45) is 0 Å². The van der Waals surface area contributed by atoms with Crippen molar-refractivity contribution in [3.63, 3.8) is 0 Å². The average Bonchev–Trinajstić information content (AvgIpc) is 2.60. The largest absolute Gasteiger partial charge is 0.326 e. The van der Waals surface area contributed by atoms with Gasteiger partial charge in [-0.3, -0.25) is 9.78 Å². The van der Waals surface area contributed by atoms with Gasteiger partial charge in [-0.15, -0.1) is 0 Å². The van der Waals surface area contributed by atoms with Gasteiger partial charge in [0.05, 0.1) is 0 Å². The number of benzene rings is 1. The first-order valence-corrected chi connectivity index (χ1v) is 8.41. The number of rotatable bonds is 7. The van der Waals surface area contributed by atoms with E-state index >= 15 is 0 Å². The number of urea groups is 1. The van der Waals surface area contributed by atoms with Crippen LogP contribution in [0.2, 0.25) is 0 Å². The number of likely N-dealkylation sites (N-methyl/N-ethyl adjacent to an activating group) is 1. The molecule has 0 saturated carbocycles. The minimum Gasteiger partial charge on any atom is -0.326 e. The number of nitrogens with one attached hydrogen (secondary N) is 2. The van der Waals surface area contributed by atoms with Crippen molar-refractivity contribution >= 4 is 23.3 Å². The monoisotopic (exact) mass is 355 g/mol. The topological polar surface area (TPSA) is 77.6 Å². The van der Waals surface area contributed by atoms with Gasteiger partial charge in [0.1, 0.15) is 0 Å². The Balaban J connectivity index is 2.03. The van der Waals surface area contributed by atoms with E-state index in [1.165, 1.54) is 6.92 Å². The van der Waals surface area contributed by atoms with E-state index in [1.54, 1.807) is 41.6 Å². The van der Waals surface area contributed by atoms with E-state index in [9.17, 15) is 9.59 Å². The van der Waals surface area contributed by atoms with Crippen LogP contribution >= 0.6 is 0 Å². The number of hydrogen-bond donors (Lipinski definition) is 2. The molecule has 2 rings (SSSR count). The lowest BCUT2D eigenvalue weighted by Gasteiger charge is -2.25. The molecule has 0 spiro atoms. The van der Waals surface area contributed by atoms with Gasteiger partial charge in [0, 0.05) is 50.3 Å². The first-order valence-electron chi connectivity index (χ1n) is 8.41. The Morgan fingerprint density at radius 1 is 1.00 bits per heavy atom. The molecule has 0 radical (unpaired) electrons. The van der Waals surface area contributed by atoms with Crippen LogP contribution < -0.4 is 10.6 Å². The molecule has 3 amide bonds. The third-order valence-corrected chi connectivity index (χ3v) is 3.66. The molecule has 0 unspecified atom stereocenters. The molecule has 0 aliphatic carbocycles. The van der Waals surface area contributed by atoms with Crippen molar-refractivity contribution in [2.75, 3.05) is 37.8 Å². The molecule has 1 heterocycles. The second kappa shape index (κ2) is 9.53. The zero-order chi connectivity index (χ0) is 18.9. The standard InChI is InChI=1S/C19H25N5O2/c1-15(25)21-17-6-8-18(9-7-17)22-19(26)24(12-11-23(2)3)14-16-5-4-10-20-13-16/h4-10,13H,11-12,14H2,1-3H3,(H,21,25)(H,22,26). The number of anilines is 2. The lowest BCUT2D eigenvalue weighted by atomic mass is 10.2. The Morgan fingerprint density at radius 3 is 2.19 bits per heavy atom. The highest BCUT2D eigenvalue weighted by Crippen LogP contribution is 2.15. The van der Waals surface area contributed by atoms with Crippen molar-refractivity contribution in [1.82, 2.24) is 14.8 Å². The second-order valence-corrected chi connectivity index (χ2v) is 6.27. The van der Waals surface area contributed by atoms with E-state index in [2.05, 4.69) is 15.6 Å². The van der Waals surface area contributed by atoms with Gasteiger partial charge < -0.3 is 20.4 Å². The van der Waals surface area contributed by atoms with E-state index < -0.39 is 0 Å². The molecule has 0 bridgehead atoms. The Kier molecular flexibility index (Phi) is 7.11. The van der Waals surface area contributed by atoms with E-state index in [4.69, 9.17) is 0 Å². The van der Waals surface area contributed by atoms with Crippen LogP contribution in [0.5, 0.6) is 0 Å². The van der Waals surface area contributed by atoms with E-state index in [1.807, 2.05) is 31.1 Å². The average molecular weight is 355 g/mol. The van der Waals surface area contributed by atoms with E-state index in [0.717, 1.165) is 12.1 Å². The molecule has 0 atom stereocenters.